The Hall–Kier alpha value is -6.60. The maximum Gasteiger partial charge on any atom is 0.204 e. The zero-order valence-electron chi connectivity index (χ0n) is 37.9. The minimum Gasteiger partial charge on any atom is -0.494 e. The van der Waals surface area contributed by atoms with Crippen LogP contribution in [0.3, 0.4) is 0 Å². The number of benzene rings is 4. The number of hydrogen-bond donors (Lipinski definition) is 0. The third kappa shape index (κ3) is 11.1. The Bertz CT molecular complexity index is 2900. The fourth-order valence-corrected chi connectivity index (χ4v) is 10.1. The Labute approximate surface area is 404 Å². The van der Waals surface area contributed by atoms with Gasteiger partial charge < -0.3 is 27.8 Å². The highest BCUT2D eigenvalue weighted by Crippen LogP contribution is 2.39. The average molecular weight is 1000 g/mol. The van der Waals surface area contributed by atoms with Crippen LogP contribution in [-0.4, -0.2) is 85.3 Å². The number of aromatic nitrogens is 6. The van der Waals surface area contributed by atoms with Gasteiger partial charge >= 0.3 is 0 Å². The van der Waals surface area contributed by atoms with Crippen LogP contribution in [0.4, 0.5) is 0 Å². The van der Waals surface area contributed by atoms with Gasteiger partial charge in [0.2, 0.25) is 11.6 Å². The quantitative estimate of drug-likeness (QED) is 0.0789. The van der Waals surface area contributed by atoms with Crippen molar-refractivity contribution in [3.05, 3.63) is 155 Å². The highest BCUT2D eigenvalue weighted by Gasteiger charge is 2.31. The summed E-state index contributed by atoms with van der Waals surface area (Å²) in [7, 11) is -1.12. The molecule has 0 radical (unpaired) electrons. The molecule has 0 N–H and O–H groups in total. The number of halogens is 2. The van der Waals surface area contributed by atoms with Gasteiger partial charge in [-0.15, -0.1) is 20.4 Å². The molecule has 356 valence electrons. The van der Waals surface area contributed by atoms with Crippen molar-refractivity contribution in [2.75, 3.05) is 28.4 Å². The molecule has 8 aromatic rings. The van der Waals surface area contributed by atoms with Crippen molar-refractivity contribution in [3.63, 3.8) is 0 Å². The summed E-state index contributed by atoms with van der Waals surface area (Å²) in [6.45, 7) is 3.36. The van der Waals surface area contributed by atoms with Crippen molar-refractivity contribution in [1.29, 1.82) is 0 Å². The van der Waals surface area contributed by atoms with Crippen LogP contribution in [0.2, 0.25) is 10.0 Å². The zero-order valence-corrected chi connectivity index (χ0v) is 41.0. The van der Waals surface area contributed by atoms with E-state index < -0.39 is 30.2 Å². The molecule has 68 heavy (non-hydrogen) atoms. The normalized spacial score (nSPS) is 12.5. The first-order valence-electron chi connectivity index (χ1n) is 21.0. The van der Waals surface area contributed by atoms with Crippen molar-refractivity contribution in [2.24, 2.45) is 0 Å². The second-order valence-electron chi connectivity index (χ2n) is 15.4. The van der Waals surface area contributed by atoms with E-state index in [1.807, 2.05) is 24.3 Å². The fraction of sp³-hybridized carbons (Fsp3) is 0.250. The molecule has 4 heterocycles. The molecule has 8 rings (SSSR count). The van der Waals surface area contributed by atoms with Gasteiger partial charge in [0.1, 0.15) is 45.9 Å². The molecule has 0 aliphatic heterocycles. The number of ether oxygens (including phenoxy) is 4. The fourth-order valence-electron chi connectivity index (χ4n) is 7.33. The van der Waals surface area contributed by atoms with Crippen molar-refractivity contribution in [2.45, 2.75) is 48.7 Å². The van der Waals surface area contributed by atoms with Gasteiger partial charge in [0, 0.05) is 10.0 Å². The Balaban J connectivity index is 0.000000201. The lowest BCUT2D eigenvalue weighted by Gasteiger charge is -2.18. The van der Waals surface area contributed by atoms with Crippen LogP contribution in [0.25, 0.3) is 34.5 Å². The Morgan fingerprint density at radius 1 is 0.500 bits per heavy atom. The third-order valence-corrected chi connectivity index (χ3v) is 15.6. The van der Waals surface area contributed by atoms with Crippen LogP contribution in [0.1, 0.15) is 36.6 Å². The Morgan fingerprint density at radius 3 is 1.13 bits per heavy atom. The van der Waals surface area contributed by atoms with E-state index in [1.54, 1.807) is 108 Å². The van der Waals surface area contributed by atoms with E-state index in [0.717, 1.165) is 11.1 Å². The molecule has 0 spiro atoms. The summed E-state index contributed by atoms with van der Waals surface area (Å²) in [4.78, 5) is 0. The van der Waals surface area contributed by atoms with Crippen molar-refractivity contribution >= 4 is 42.9 Å². The lowest BCUT2D eigenvalue weighted by Crippen LogP contribution is -2.23. The first-order valence-corrected chi connectivity index (χ1v) is 25.2. The van der Waals surface area contributed by atoms with Crippen molar-refractivity contribution in [3.8, 4) is 57.5 Å². The van der Waals surface area contributed by atoms with E-state index in [9.17, 15) is 16.8 Å². The van der Waals surface area contributed by atoms with Gasteiger partial charge in [-0.25, -0.2) is 16.8 Å². The van der Waals surface area contributed by atoms with E-state index in [4.69, 9.17) is 51.0 Å². The van der Waals surface area contributed by atoms with E-state index in [2.05, 4.69) is 20.4 Å². The smallest absolute Gasteiger partial charge is 0.204 e. The first kappa shape index (κ1) is 49.3. The predicted octanol–water partition coefficient (Wildman–Crippen LogP) is 9.49. The molecule has 2 atom stereocenters. The van der Waals surface area contributed by atoms with Crippen LogP contribution in [-0.2, 0) is 44.0 Å². The molecule has 0 saturated carbocycles. The minimum atomic E-state index is -3.62. The summed E-state index contributed by atoms with van der Waals surface area (Å²) < 4.78 is 90.0. The molecule has 4 aromatic carbocycles. The Morgan fingerprint density at radius 2 is 0.838 bits per heavy atom. The molecule has 0 aliphatic rings. The molecule has 0 unspecified atom stereocenters. The molecular formula is C48H48Cl2N6O10S2. The summed E-state index contributed by atoms with van der Waals surface area (Å²) in [5, 5.41) is 16.8. The number of methoxy groups -OCH3 is 4. The van der Waals surface area contributed by atoms with Gasteiger partial charge in [-0.3, -0.25) is 9.13 Å². The van der Waals surface area contributed by atoms with Gasteiger partial charge in [0.05, 0.1) is 51.5 Å². The maximum absolute atomic E-state index is 13.4. The summed E-state index contributed by atoms with van der Waals surface area (Å²) in [6.07, 6.45) is 3.71. The first-order chi connectivity index (χ1) is 32.7. The maximum atomic E-state index is 13.4. The monoisotopic (exact) mass is 1000 g/mol. The molecule has 16 nitrogen and oxygen atoms in total. The van der Waals surface area contributed by atoms with Gasteiger partial charge in [-0.1, -0.05) is 59.6 Å². The number of hydrogen-bond acceptors (Lipinski definition) is 14. The number of sulfone groups is 2. The number of rotatable bonds is 18. The average Bonchev–Trinajstić information content (AvgIpc) is 4.19. The molecule has 0 aliphatic carbocycles. The molecule has 4 aromatic heterocycles. The Kier molecular flexibility index (Phi) is 15.6. The van der Waals surface area contributed by atoms with Gasteiger partial charge in [-0.05, 0) is 111 Å². The SMILES string of the molecule is COc1cccc(OC)c1-n1c(CS(=O)(=O)[C@@H](C)Cc2ccc(Cl)cc2)nnc1-c1ccco1.COc1cccc(OC)c1-n1c(CS(=O)(=O)[C@H](C)Cc2ccc(Cl)cc2)nnc1-c1ccco1. The van der Waals surface area contributed by atoms with Gasteiger partial charge in [0.15, 0.2) is 42.8 Å². The zero-order chi connectivity index (χ0) is 48.6. The molecular weight excluding hydrogens is 956 g/mol. The second kappa shape index (κ2) is 21.6. The van der Waals surface area contributed by atoms with Crippen LogP contribution >= 0.6 is 23.2 Å². The summed E-state index contributed by atoms with van der Waals surface area (Å²) in [5.41, 5.74) is 2.73. The van der Waals surface area contributed by atoms with Gasteiger partial charge in [-0.2, -0.15) is 0 Å². The van der Waals surface area contributed by atoms with E-state index in [0.29, 0.717) is 80.4 Å². The van der Waals surface area contributed by atoms with Crippen molar-refractivity contribution in [1.82, 2.24) is 29.5 Å². The highest BCUT2D eigenvalue weighted by molar-refractivity contribution is 7.91. The second-order valence-corrected chi connectivity index (χ2v) is 21.1. The predicted molar refractivity (Wildman–Crippen MR) is 259 cm³/mol. The number of furan rings is 2. The van der Waals surface area contributed by atoms with Gasteiger partial charge in [0.25, 0.3) is 0 Å². The van der Waals surface area contributed by atoms with Crippen LogP contribution in [0, 0.1) is 0 Å². The molecule has 20 heteroatoms. The summed E-state index contributed by atoms with van der Waals surface area (Å²) in [5.74, 6) is 3.18. The lowest BCUT2D eigenvalue weighted by molar-refractivity contribution is 0.390. The molecule has 0 amide bonds. The largest absolute Gasteiger partial charge is 0.494 e. The third-order valence-electron chi connectivity index (χ3n) is 11.0. The van der Waals surface area contributed by atoms with Crippen LogP contribution < -0.4 is 18.9 Å². The highest BCUT2D eigenvalue weighted by atomic mass is 35.5. The molecule has 0 fully saturated rings. The van der Waals surface area contributed by atoms with E-state index in [-0.39, 0.29) is 23.2 Å². The lowest BCUT2D eigenvalue weighted by atomic mass is 10.1. The molecule has 0 bridgehead atoms. The minimum absolute atomic E-state index is 0.220. The van der Waals surface area contributed by atoms with E-state index in [1.165, 1.54) is 41.0 Å². The topological polar surface area (TPSA) is 193 Å². The van der Waals surface area contributed by atoms with E-state index >= 15 is 0 Å². The number of para-hydroxylation sites is 2. The van der Waals surface area contributed by atoms with Crippen molar-refractivity contribution < 1.29 is 44.6 Å². The van der Waals surface area contributed by atoms with Crippen LogP contribution in [0.15, 0.2) is 131 Å². The summed E-state index contributed by atoms with van der Waals surface area (Å²) in [6, 6.07) is 31.8. The molecule has 0 saturated heterocycles. The standard InChI is InChI=1S/2C24H24ClN3O5S/c2*1-16(14-17-9-11-18(25)12-10-17)34(29,30)15-22-26-27-24(21-8-5-13-33-21)28(22)23-19(31-2)6-4-7-20(23)32-3/h2*4-13,16H,14-15H2,1-3H3/t2*16-/m10/s1. The number of nitrogens with zero attached hydrogens (tertiary/aromatic N) is 6. The van der Waals surface area contributed by atoms with Crippen LogP contribution in [0.5, 0.6) is 23.0 Å². The summed E-state index contributed by atoms with van der Waals surface area (Å²) >= 11 is 11.9.